The summed E-state index contributed by atoms with van der Waals surface area (Å²) in [7, 11) is -7.11. The van der Waals surface area contributed by atoms with Gasteiger partial charge in [0.25, 0.3) is 10.1 Å². The molecule has 0 heterocycles. The molecule has 3 atom stereocenters. The van der Waals surface area contributed by atoms with Gasteiger partial charge in [0.15, 0.2) is 0 Å². The molecule has 3 aliphatic rings. The highest BCUT2D eigenvalue weighted by molar-refractivity contribution is 7.87. The normalized spacial score (nSPS) is 22.6. The number of hydrogen-bond acceptors (Lipinski definition) is 13. The third-order valence-corrected chi connectivity index (χ3v) is 9.22. The van der Waals surface area contributed by atoms with Crippen LogP contribution in [0.1, 0.15) is 96.3 Å². The molecule has 0 spiro atoms. The topological polar surface area (TPSA) is 162 Å². The van der Waals surface area contributed by atoms with Gasteiger partial charge in [0.05, 0.1) is 104 Å². The first-order valence-electron chi connectivity index (χ1n) is 19.3. The standard InChI is InChI=1S/C22H38O4.C8H17O8S2.C8H14O/c1-3-7-11-21(12-8-4-1)25-19-17-23-15-16-24-18-20-26-22-13-9-5-2-6-10-14-22;1-17(9,10)15-7-5-13-3-4-14-6-8-16-18(2,11)12;9-8-6-4-2-1-3-5-7-8/h1-3,5,21-22H,4,6-20H2;1,3-8H2,2H3;1-2,8-9H,3-7H2/q;+1;/b3-1-,5-2?;;2-1-. The maximum absolute atomic E-state index is 10.5. The minimum absolute atomic E-state index is 0.0325. The fourth-order valence-electron chi connectivity index (χ4n) is 5.38. The van der Waals surface area contributed by atoms with Crippen LogP contribution in [0.2, 0.25) is 0 Å². The molecule has 0 saturated heterocycles. The molecule has 0 saturated carbocycles. The van der Waals surface area contributed by atoms with Crippen LogP contribution in [0.4, 0.5) is 0 Å². The number of rotatable bonds is 22. The minimum atomic E-state index is -3.68. The van der Waals surface area contributed by atoms with Crippen LogP contribution in [0.15, 0.2) is 36.5 Å². The Kier molecular flexibility index (Phi) is 31.8. The van der Waals surface area contributed by atoms with Crippen LogP contribution in [-0.2, 0) is 57.0 Å². The Bertz CT molecular complexity index is 1070. The molecule has 13 nitrogen and oxygen atoms in total. The van der Waals surface area contributed by atoms with Gasteiger partial charge < -0.3 is 33.5 Å². The van der Waals surface area contributed by atoms with Gasteiger partial charge in [0.1, 0.15) is 0 Å². The summed E-state index contributed by atoms with van der Waals surface area (Å²) in [4.78, 5) is 0. The molecule has 0 fully saturated rings. The lowest BCUT2D eigenvalue weighted by molar-refractivity contribution is -0.0323. The molecular formula is C38H69O13S2+. The molecule has 0 aromatic rings. The second kappa shape index (κ2) is 33.9. The number of aliphatic hydroxyl groups is 1. The van der Waals surface area contributed by atoms with Crippen LogP contribution in [0.5, 0.6) is 0 Å². The van der Waals surface area contributed by atoms with Gasteiger partial charge in [-0.2, -0.15) is 16.8 Å². The van der Waals surface area contributed by atoms with E-state index >= 15 is 0 Å². The van der Waals surface area contributed by atoms with Crippen LogP contribution >= 0.6 is 0 Å². The van der Waals surface area contributed by atoms with Gasteiger partial charge in [-0.15, -0.1) is 0 Å². The smallest absolute Gasteiger partial charge is 0.393 e. The van der Waals surface area contributed by atoms with E-state index in [1.165, 1.54) is 38.5 Å². The summed E-state index contributed by atoms with van der Waals surface area (Å²) < 4.78 is 83.7. The summed E-state index contributed by atoms with van der Waals surface area (Å²) in [5, 5.41) is 9.18. The summed E-state index contributed by atoms with van der Waals surface area (Å²) in [6.07, 6.45) is 35.0. The van der Waals surface area contributed by atoms with Crippen molar-refractivity contribution in [3.8, 4) is 0 Å². The lowest BCUT2D eigenvalue weighted by Gasteiger charge is -2.19. The summed E-state index contributed by atoms with van der Waals surface area (Å²) in [5.74, 6) is 0. The molecule has 0 amide bonds. The SMILES string of the molecule is C1=CCCC(OCCOCCOCCOC2CC/C=C\CCC2)CCC1.OC1CC/C=C\CCC1.[CH2+]S(=O)(=O)OCCOCCOCCOS(C)(=O)=O. The molecule has 3 aliphatic carbocycles. The van der Waals surface area contributed by atoms with E-state index in [2.05, 4.69) is 51.1 Å². The summed E-state index contributed by atoms with van der Waals surface area (Å²) >= 11 is 0. The van der Waals surface area contributed by atoms with Crippen molar-refractivity contribution >= 4 is 20.2 Å². The zero-order valence-electron chi connectivity index (χ0n) is 32.2. The zero-order chi connectivity index (χ0) is 38.7. The van der Waals surface area contributed by atoms with Gasteiger partial charge in [-0.3, -0.25) is 4.18 Å². The first-order chi connectivity index (χ1) is 25.6. The summed E-state index contributed by atoms with van der Waals surface area (Å²) in [5.41, 5.74) is 0. The van der Waals surface area contributed by atoms with Crippen LogP contribution in [0.25, 0.3) is 0 Å². The Labute approximate surface area is 321 Å². The van der Waals surface area contributed by atoms with E-state index in [9.17, 15) is 21.9 Å². The summed E-state index contributed by atoms with van der Waals surface area (Å²) in [6.45, 7) is 4.48. The van der Waals surface area contributed by atoms with Crippen molar-refractivity contribution in [3.05, 3.63) is 42.7 Å². The molecule has 15 heteroatoms. The average Bonchev–Trinajstić information content (AvgIpc) is 3.06. The van der Waals surface area contributed by atoms with Crippen molar-refractivity contribution in [1.29, 1.82) is 0 Å². The number of aliphatic hydroxyl groups excluding tert-OH is 1. The zero-order valence-corrected chi connectivity index (χ0v) is 33.8. The second-order valence-corrected chi connectivity index (χ2v) is 15.9. The third-order valence-electron chi connectivity index (χ3n) is 8.10. The van der Waals surface area contributed by atoms with E-state index in [0.29, 0.717) is 51.8 Å². The Morgan fingerprint density at radius 2 is 0.849 bits per heavy atom. The molecule has 0 aliphatic heterocycles. The van der Waals surface area contributed by atoms with E-state index < -0.39 is 20.2 Å². The van der Waals surface area contributed by atoms with Crippen molar-refractivity contribution in [2.75, 3.05) is 85.5 Å². The van der Waals surface area contributed by atoms with Crippen LogP contribution in [0, 0.1) is 6.26 Å². The van der Waals surface area contributed by atoms with E-state index in [-0.39, 0.29) is 45.7 Å². The van der Waals surface area contributed by atoms with E-state index in [0.717, 1.165) is 64.0 Å². The molecule has 53 heavy (non-hydrogen) atoms. The Morgan fingerprint density at radius 1 is 0.491 bits per heavy atom. The first kappa shape index (κ1) is 49.6. The molecule has 0 bridgehead atoms. The molecule has 1 N–H and O–H groups in total. The van der Waals surface area contributed by atoms with Crippen LogP contribution < -0.4 is 0 Å². The Balaban J connectivity index is 0.000000448. The molecule has 0 aromatic carbocycles. The number of ether oxygens (including phenoxy) is 6. The quantitative estimate of drug-likeness (QED) is 0.0603. The number of allylic oxidation sites excluding steroid dienone is 6. The van der Waals surface area contributed by atoms with Crippen molar-refractivity contribution in [2.24, 2.45) is 0 Å². The van der Waals surface area contributed by atoms with Crippen molar-refractivity contribution in [1.82, 2.24) is 0 Å². The lowest BCUT2D eigenvalue weighted by atomic mass is 10.0. The average molecular weight is 798 g/mol. The van der Waals surface area contributed by atoms with Crippen molar-refractivity contribution in [3.63, 3.8) is 0 Å². The fourth-order valence-corrected chi connectivity index (χ4v) is 6.07. The predicted octanol–water partition coefficient (Wildman–Crippen LogP) is 5.83. The first-order valence-corrected chi connectivity index (χ1v) is 22.7. The van der Waals surface area contributed by atoms with Crippen LogP contribution in [0.3, 0.4) is 0 Å². The van der Waals surface area contributed by atoms with Gasteiger partial charge in [0, 0.05) is 0 Å². The fraction of sp³-hybridized carbons (Fsp3) is 0.816. The largest absolute Gasteiger partial charge is 0.421 e. The predicted molar refractivity (Wildman–Crippen MR) is 206 cm³/mol. The van der Waals surface area contributed by atoms with E-state index in [4.69, 9.17) is 28.4 Å². The minimum Gasteiger partial charge on any atom is -0.393 e. The molecule has 3 unspecified atom stereocenters. The monoisotopic (exact) mass is 797 g/mol. The van der Waals surface area contributed by atoms with Gasteiger partial charge in [-0.05, 0) is 96.3 Å². The molecule has 0 aromatic heterocycles. The van der Waals surface area contributed by atoms with Gasteiger partial charge in [0.2, 0.25) is 6.26 Å². The third kappa shape index (κ3) is 37.3. The van der Waals surface area contributed by atoms with E-state index in [1.807, 2.05) is 0 Å². The molecule has 3 rings (SSSR count). The van der Waals surface area contributed by atoms with Gasteiger partial charge in [-0.1, -0.05) is 36.5 Å². The van der Waals surface area contributed by atoms with E-state index in [1.54, 1.807) is 0 Å². The van der Waals surface area contributed by atoms with Crippen molar-refractivity contribution in [2.45, 2.75) is 115 Å². The highest BCUT2D eigenvalue weighted by Crippen LogP contribution is 2.16. The maximum atomic E-state index is 10.5. The molecule has 310 valence electrons. The lowest BCUT2D eigenvalue weighted by Crippen LogP contribution is -2.19. The second-order valence-electron chi connectivity index (χ2n) is 12.9. The number of hydrogen-bond donors (Lipinski definition) is 1. The maximum Gasteiger partial charge on any atom is 0.421 e. The highest BCUT2D eigenvalue weighted by Gasteiger charge is 2.11. The van der Waals surface area contributed by atoms with Crippen molar-refractivity contribution < 1.29 is 58.7 Å². The Hall–Kier alpha value is -1.37. The highest BCUT2D eigenvalue weighted by atomic mass is 32.2. The Morgan fingerprint density at radius 3 is 1.28 bits per heavy atom. The molecular weight excluding hydrogens is 729 g/mol. The van der Waals surface area contributed by atoms with Gasteiger partial charge >= 0.3 is 10.1 Å². The summed E-state index contributed by atoms with van der Waals surface area (Å²) in [6, 6.07) is 0. The van der Waals surface area contributed by atoms with Gasteiger partial charge in [-0.25, -0.2) is 4.18 Å². The molecule has 0 radical (unpaired) electrons. The van der Waals surface area contributed by atoms with Crippen LogP contribution in [-0.4, -0.2) is 126 Å².